The molecule has 13 heavy (non-hydrogen) atoms. The van der Waals surface area contributed by atoms with Gasteiger partial charge < -0.3 is 5.32 Å². The molecule has 1 atom stereocenters. The van der Waals surface area contributed by atoms with Crippen molar-refractivity contribution in [2.45, 2.75) is 31.5 Å². The van der Waals surface area contributed by atoms with Crippen LogP contribution in [0.25, 0.3) is 0 Å². The summed E-state index contributed by atoms with van der Waals surface area (Å²) in [6.45, 7) is 0.0642. The molecule has 78 valence electrons. The highest BCUT2D eigenvalue weighted by Gasteiger charge is 2.26. The highest BCUT2D eigenvalue weighted by atomic mass is 32.2. The number of thioether (sulfide) groups is 1. The topological polar surface area (TPSA) is 12.0 Å². The summed E-state index contributed by atoms with van der Waals surface area (Å²) >= 11 is 1.82. The molecule has 5 heteroatoms. The average Bonchev–Trinajstić information content (AvgIpc) is 2.04. The molecule has 1 fully saturated rings. The van der Waals surface area contributed by atoms with Crippen molar-refractivity contribution in [1.29, 1.82) is 0 Å². The van der Waals surface area contributed by atoms with Gasteiger partial charge in [0.2, 0.25) is 0 Å². The van der Waals surface area contributed by atoms with Gasteiger partial charge in [0.1, 0.15) is 0 Å². The zero-order chi connectivity index (χ0) is 9.73. The van der Waals surface area contributed by atoms with Gasteiger partial charge in [-0.15, -0.1) is 0 Å². The molecule has 1 heterocycles. The number of rotatable bonds is 3. The molecule has 1 saturated heterocycles. The Morgan fingerprint density at radius 2 is 2.15 bits per heavy atom. The minimum absolute atomic E-state index is 0.0642. The van der Waals surface area contributed by atoms with Crippen LogP contribution in [0.15, 0.2) is 0 Å². The first-order chi connectivity index (χ1) is 6.08. The number of hydrogen-bond acceptors (Lipinski definition) is 2. The number of hydrogen-bond donors (Lipinski definition) is 1. The Kier molecular flexibility index (Phi) is 4.38. The highest BCUT2D eigenvalue weighted by molar-refractivity contribution is 7.99. The molecular formula is C8H14F3NS. The number of halogens is 3. The van der Waals surface area contributed by atoms with Crippen molar-refractivity contribution in [3.8, 4) is 0 Å². The van der Waals surface area contributed by atoms with Gasteiger partial charge >= 0.3 is 6.18 Å². The first kappa shape index (κ1) is 11.2. The molecule has 1 aliphatic heterocycles. The summed E-state index contributed by atoms with van der Waals surface area (Å²) in [5.41, 5.74) is 0. The molecule has 1 nitrogen and oxygen atoms in total. The van der Waals surface area contributed by atoms with Crippen LogP contribution in [-0.4, -0.2) is 30.3 Å². The highest BCUT2D eigenvalue weighted by Crippen LogP contribution is 2.20. The van der Waals surface area contributed by atoms with E-state index in [1.54, 1.807) is 0 Å². The molecule has 1 aliphatic rings. The maximum absolute atomic E-state index is 11.8. The van der Waals surface area contributed by atoms with Gasteiger partial charge in [-0.25, -0.2) is 0 Å². The van der Waals surface area contributed by atoms with Crippen molar-refractivity contribution < 1.29 is 13.2 Å². The lowest BCUT2D eigenvalue weighted by Gasteiger charge is -2.22. The van der Waals surface area contributed by atoms with Crippen LogP contribution in [-0.2, 0) is 0 Å². The number of alkyl halides is 3. The molecule has 0 bridgehead atoms. The van der Waals surface area contributed by atoms with E-state index in [0.29, 0.717) is 6.04 Å². The Morgan fingerprint density at radius 3 is 2.69 bits per heavy atom. The third-order valence-corrected chi connectivity index (χ3v) is 3.22. The first-order valence-corrected chi connectivity index (χ1v) is 5.61. The monoisotopic (exact) mass is 213 g/mol. The van der Waals surface area contributed by atoms with Gasteiger partial charge in [0.25, 0.3) is 0 Å². The molecular weight excluding hydrogens is 199 g/mol. The van der Waals surface area contributed by atoms with E-state index >= 15 is 0 Å². The molecule has 0 saturated carbocycles. The molecule has 0 aromatic carbocycles. The van der Waals surface area contributed by atoms with Crippen LogP contribution in [0.5, 0.6) is 0 Å². The van der Waals surface area contributed by atoms with Crippen molar-refractivity contribution >= 4 is 11.8 Å². The quantitative estimate of drug-likeness (QED) is 0.772. The second-order valence-corrected chi connectivity index (χ2v) is 4.38. The third-order valence-electron chi connectivity index (χ3n) is 2.00. The fraction of sp³-hybridized carbons (Fsp3) is 1.00. The fourth-order valence-corrected chi connectivity index (χ4v) is 2.43. The Balaban J connectivity index is 2.04. The summed E-state index contributed by atoms with van der Waals surface area (Å²) in [6.07, 6.45) is -2.60. The van der Waals surface area contributed by atoms with Crippen LogP contribution in [0, 0.1) is 0 Å². The van der Waals surface area contributed by atoms with E-state index in [9.17, 15) is 13.2 Å². The predicted octanol–water partition coefficient (Wildman–Crippen LogP) is 2.42. The molecule has 1 N–H and O–H groups in total. The lowest BCUT2D eigenvalue weighted by molar-refractivity contribution is -0.133. The molecule has 0 aromatic rings. The van der Waals surface area contributed by atoms with Crippen LogP contribution in [0.3, 0.4) is 0 Å². The van der Waals surface area contributed by atoms with Crippen molar-refractivity contribution in [2.75, 3.05) is 18.1 Å². The van der Waals surface area contributed by atoms with Gasteiger partial charge in [-0.05, 0) is 18.6 Å². The lowest BCUT2D eigenvalue weighted by Crippen LogP contribution is -2.35. The molecule has 0 radical (unpaired) electrons. The zero-order valence-corrected chi connectivity index (χ0v) is 8.18. The predicted molar refractivity (Wildman–Crippen MR) is 49.0 cm³/mol. The summed E-state index contributed by atoms with van der Waals surface area (Å²) in [5.74, 6) is 2.11. The van der Waals surface area contributed by atoms with E-state index in [-0.39, 0.29) is 6.54 Å². The van der Waals surface area contributed by atoms with E-state index in [4.69, 9.17) is 0 Å². The van der Waals surface area contributed by atoms with E-state index in [1.165, 1.54) is 0 Å². The van der Waals surface area contributed by atoms with Gasteiger partial charge in [0.05, 0.1) is 6.42 Å². The minimum Gasteiger partial charge on any atom is -0.313 e. The summed E-state index contributed by atoms with van der Waals surface area (Å²) in [4.78, 5) is 0. The van der Waals surface area contributed by atoms with Crippen LogP contribution in [0.4, 0.5) is 13.2 Å². The Bertz CT molecular complexity index is 143. The zero-order valence-electron chi connectivity index (χ0n) is 7.36. The SMILES string of the molecule is FC(F)(F)CCNC1CCCSC1. The molecule has 0 spiro atoms. The van der Waals surface area contributed by atoms with Gasteiger partial charge in [-0.2, -0.15) is 24.9 Å². The Labute approximate surface area is 80.5 Å². The first-order valence-electron chi connectivity index (χ1n) is 4.46. The Hall–Kier alpha value is 0.100. The van der Waals surface area contributed by atoms with Crippen molar-refractivity contribution in [2.24, 2.45) is 0 Å². The third kappa shape index (κ3) is 5.41. The van der Waals surface area contributed by atoms with Crippen molar-refractivity contribution in [1.82, 2.24) is 5.32 Å². The second kappa shape index (κ2) is 5.10. The maximum Gasteiger partial charge on any atom is 0.390 e. The molecule has 1 rings (SSSR count). The second-order valence-electron chi connectivity index (χ2n) is 3.23. The van der Waals surface area contributed by atoms with Gasteiger partial charge in [0.15, 0.2) is 0 Å². The fourth-order valence-electron chi connectivity index (χ4n) is 1.32. The molecule has 0 aliphatic carbocycles. The summed E-state index contributed by atoms with van der Waals surface area (Å²) in [7, 11) is 0. The van der Waals surface area contributed by atoms with Gasteiger partial charge in [-0.1, -0.05) is 0 Å². The van der Waals surface area contributed by atoms with Crippen molar-refractivity contribution in [3.63, 3.8) is 0 Å². The van der Waals surface area contributed by atoms with Gasteiger partial charge in [-0.3, -0.25) is 0 Å². The van der Waals surface area contributed by atoms with Crippen LogP contribution < -0.4 is 5.32 Å². The summed E-state index contributed by atoms with van der Waals surface area (Å²) in [6, 6.07) is 0.293. The van der Waals surface area contributed by atoms with Crippen LogP contribution >= 0.6 is 11.8 Å². The Morgan fingerprint density at radius 1 is 1.38 bits per heavy atom. The average molecular weight is 213 g/mol. The van der Waals surface area contributed by atoms with Gasteiger partial charge in [0, 0.05) is 18.3 Å². The number of nitrogens with one attached hydrogen (secondary N) is 1. The summed E-state index contributed by atoms with van der Waals surface area (Å²) < 4.78 is 35.3. The standard InChI is InChI=1S/C8H14F3NS/c9-8(10,11)3-4-12-7-2-1-5-13-6-7/h7,12H,1-6H2. The summed E-state index contributed by atoms with van der Waals surface area (Å²) in [5, 5.41) is 2.94. The smallest absolute Gasteiger partial charge is 0.313 e. The van der Waals surface area contributed by atoms with Crippen LogP contribution in [0.2, 0.25) is 0 Å². The van der Waals surface area contributed by atoms with E-state index in [2.05, 4.69) is 5.32 Å². The van der Waals surface area contributed by atoms with Crippen LogP contribution in [0.1, 0.15) is 19.3 Å². The van der Waals surface area contributed by atoms with E-state index in [1.807, 2.05) is 11.8 Å². The lowest BCUT2D eigenvalue weighted by atomic mass is 10.2. The van der Waals surface area contributed by atoms with Crippen molar-refractivity contribution in [3.05, 3.63) is 0 Å². The maximum atomic E-state index is 11.8. The largest absolute Gasteiger partial charge is 0.390 e. The molecule has 1 unspecified atom stereocenters. The normalized spacial score (nSPS) is 24.7. The molecule has 0 aromatic heterocycles. The molecule has 0 amide bonds. The van der Waals surface area contributed by atoms with E-state index in [0.717, 1.165) is 24.3 Å². The minimum atomic E-state index is -4.02. The van der Waals surface area contributed by atoms with E-state index < -0.39 is 12.6 Å².